The van der Waals surface area contributed by atoms with E-state index in [2.05, 4.69) is 36.6 Å². The Morgan fingerprint density at radius 1 is 1.33 bits per heavy atom. The Balaban J connectivity index is 2.96. The van der Waals surface area contributed by atoms with Crippen LogP contribution in [-0.4, -0.2) is 19.8 Å². The lowest BCUT2D eigenvalue weighted by molar-refractivity contribution is 0.545. The fraction of sp³-hybridized carbons (Fsp3) is 0.455. The molecule has 1 N–H and O–H groups in total. The molecule has 0 spiro atoms. The Bertz CT molecular complexity index is 520. The van der Waals surface area contributed by atoms with Crippen molar-refractivity contribution in [1.29, 1.82) is 0 Å². The lowest BCUT2D eigenvalue weighted by Crippen LogP contribution is -2.34. The zero-order valence-corrected chi connectivity index (χ0v) is 14.7. The summed E-state index contributed by atoms with van der Waals surface area (Å²) in [4.78, 5) is 0.214. The first-order valence-electron chi connectivity index (χ1n) is 5.34. The van der Waals surface area contributed by atoms with Gasteiger partial charge in [0, 0.05) is 20.4 Å². The van der Waals surface area contributed by atoms with Crippen molar-refractivity contribution in [1.82, 2.24) is 4.72 Å². The van der Waals surface area contributed by atoms with Crippen molar-refractivity contribution < 1.29 is 8.42 Å². The van der Waals surface area contributed by atoms with Crippen molar-refractivity contribution in [2.75, 3.05) is 0 Å². The molecule has 2 unspecified atom stereocenters. The molecule has 0 aliphatic carbocycles. The highest BCUT2D eigenvalue weighted by Crippen LogP contribution is 2.26. The second-order valence-corrected chi connectivity index (χ2v) is 8.31. The highest BCUT2D eigenvalue weighted by molar-refractivity contribution is 9.11. The van der Waals surface area contributed by atoms with E-state index < -0.39 is 10.0 Å². The molecule has 102 valence electrons. The summed E-state index contributed by atoms with van der Waals surface area (Å²) in [6, 6.07) is 4.80. The predicted octanol–water partition coefficient (Wildman–Crippen LogP) is 3.90. The minimum absolute atomic E-state index is 0.0753. The zero-order valence-electron chi connectivity index (χ0n) is 9.95. The second-order valence-electron chi connectivity index (χ2n) is 4.11. The van der Waals surface area contributed by atoms with Gasteiger partial charge in [-0.05, 0) is 54.4 Å². The Morgan fingerprint density at radius 3 is 2.50 bits per heavy atom. The summed E-state index contributed by atoms with van der Waals surface area (Å²) < 4.78 is 28.2. The molecule has 1 rings (SSSR count). The summed E-state index contributed by atoms with van der Waals surface area (Å²) in [5, 5.41) is -0.0753. The Kier molecular flexibility index (Phi) is 6.12. The van der Waals surface area contributed by atoms with Crippen LogP contribution in [0.15, 0.2) is 32.0 Å². The maximum atomic E-state index is 12.2. The molecule has 18 heavy (non-hydrogen) atoms. The lowest BCUT2D eigenvalue weighted by Gasteiger charge is -2.16. The maximum Gasteiger partial charge on any atom is 0.241 e. The van der Waals surface area contributed by atoms with Crippen LogP contribution in [0.1, 0.15) is 20.3 Å². The molecule has 0 saturated carbocycles. The van der Waals surface area contributed by atoms with Gasteiger partial charge in [0.1, 0.15) is 0 Å². The number of nitrogens with one attached hydrogen (secondary N) is 1. The fourth-order valence-corrected chi connectivity index (χ4v) is 4.57. The average Bonchev–Trinajstić information content (AvgIpc) is 2.19. The monoisotopic (exact) mass is 417 g/mol. The van der Waals surface area contributed by atoms with Crippen LogP contribution >= 0.6 is 43.5 Å². The molecule has 1 aromatic carbocycles. The zero-order chi connectivity index (χ0) is 13.9. The summed E-state index contributed by atoms with van der Waals surface area (Å²) >= 11 is 12.4. The Hall–Kier alpha value is 0.380. The second kappa shape index (κ2) is 6.70. The normalized spacial score (nSPS) is 15.4. The van der Waals surface area contributed by atoms with E-state index in [1.54, 1.807) is 25.1 Å². The van der Waals surface area contributed by atoms with Crippen molar-refractivity contribution in [3.63, 3.8) is 0 Å². The van der Waals surface area contributed by atoms with Gasteiger partial charge in [-0.3, -0.25) is 0 Å². The van der Waals surface area contributed by atoms with E-state index >= 15 is 0 Å². The van der Waals surface area contributed by atoms with Gasteiger partial charge in [-0.15, -0.1) is 11.6 Å². The molecule has 0 aliphatic heterocycles. The molecule has 0 saturated heterocycles. The van der Waals surface area contributed by atoms with Gasteiger partial charge in [0.15, 0.2) is 0 Å². The first-order chi connectivity index (χ1) is 8.22. The van der Waals surface area contributed by atoms with Gasteiger partial charge < -0.3 is 0 Å². The Labute approximate surface area is 130 Å². The van der Waals surface area contributed by atoms with Crippen LogP contribution in [-0.2, 0) is 10.0 Å². The van der Waals surface area contributed by atoms with Gasteiger partial charge in [0.2, 0.25) is 10.0 Å². The number of sulfonamides is 1. The van der Waals surface area contributed by atoms with Gasteiger partial charge in [0.05, 0.1) is 4.90 Å². The molecule has 0 fully saturated rings. The molecular formula is C11H14Br2ClNO2S. The van der Waals surface area contributed by atoms with E-state index in [0.717, 1.165) is 0 Å². The highest BCUT2D eigenvalue weighted by atomic mass is 79.9. The van der Waals surface area contributed by atoms with Gasteiger partial charge in [-0.25, -0.2) is 13.1 Å². The largest absolute Gasteiger partial charge is 0.241 e. The molecule has 0 aliphatic rings. The van der Waals surface area contributed by atoms with Gasteiger partial charge in [-0.2, -0.15) is 0 Å². The van der Waals surface area contributed by atoms with Crippen LogP contribution in [0.25, 0.3) is 0 Å². The first-order valence-corrected chi connectivity index (χ1v) is 8.84. The molecule has 0 amide bonds. The number of hydrogen-bond donors (Lipinski definition) is 1. The minimum Gasteiger partial charge on any atom is -0.208 e. The summed E-state index contributed by atoms with van der Waals surface area (Å²) in [6.45, 7) is 3.63. The number of hydrogen-bond acceptors (Lipinski definition) is 2. The standard InChI is InChI=1S/C11H14Br2ClNO2S/c1-7(14)5-8(2)15-18(16,17)11-6-9(12)3-4-10(11)13/h3-4,6-8,15H,5H2,1-2H3. The number of alkyl halides is 1. The van der Waals surface area contributed by atoms with Gasteiger partial charge in [0.25, 0.3) is 0 Å². The van der Waals surface area contributed by atoms with Crippen LogP contribution in [0.5, 0.6) is 0 Å². The molecule has 0 aromatic heterocycles. The molecule has 0 bridgehead atoms. The van der Waals surface area contributed by atoms with Crippen LogP contribution < -0.4 is 4.72 Å². The van der Waals surface area contributed by atoms with Crippen LogP contribution in [0.4, 0.5) is 0 Å². The van der Waals surface area contributed by atoms with Crippen LogP contribution in [0, 0.1) is 0 Å². The third-order valence-corrected chi connectivity index (χ3v) is 5.47. The first kappa shape index (κ1) is 16.4. The van der Waals surface area contributed by atoms with E-state index in [1.165, 1.54) is 0 Å². The molecule has 0 radical (unpaired) electrons. The molecule has 0 heterocycles. The van der Waals surface area contributed by atoms with Crippen molar-refractivity contribution >= 4 is 53.5 Å². The predicted molar refractivity (Wildman–Crippen MR) is 81.6 cm³/mol. The van der Waals surface area contributed by atoms with Crippen LogP contribution in [0.2, 0.25) is 0 Å². The van der Waals surface area contributed by atoms with E-state index in [1.807, 2.05) is 6.92 Å². The lowest BCUT2D eigenvalue weighted by atomic mass is 10.2. The smallest absolute Gasteiger partial charge is 0.208 e. The molecule has 2 atom stereocenters. The molecular weight excluding hydrogens is 405 g/mol. The third-order valence-electron chi connectivity index (χ3n) is 2.22. The van der Waals surface area contributed by atoms with E-state index in [4.69, 9.17) is 11.6 Å². The van der Waals surface area contributed by atoms with Crippen molar-refractivity contribution in [2.24, 2.45) is 0 Å². The maximum absolute atomic E-state index is 12.2. The van der Waals surface area contributed by atoms with Crippen molar-refractivity contribution in [2.45, 2.75) is 36.6 Å². The Morgan fingerprint density at radius 2 is 1.94 bits per heavy atom. The average molecular weight is 420 g/mol. The highest BCUT2D eigenvalue weighted by Gasteiger charge is 2.21. The van der Waals surface area contributed by atoms with Crippen molar-refractivity contribution in [3.05, 3.63) is 27.1 Å². The minimum atomic E-state index is -3.54. The molecule has 1 aromatic rings. The third kappa shape index (κ3) is 4.81. The molecule has 7 heteroatoms. The molecule has 3 nitrogen and oxygen atoms in total. The van der Waals surface area contributed by atoms with Crippen LogP contribution in [0.3, 0.4) is 0 Å². The summed E-state index contributed by atoms with van der Waals surface area (Å²) in [7, 11) is -3.54. The van der Waals surface area contributed by atoms with E-state index in [-0.39, 0.29) is 16.3 Å². The van der Waals surface area contributed by atoms with E-state index in [9.17, 15) is 8.42 Å². The number of halogens is 3. The van der Waals surface area contributed by atoms with Crippen molar-refractivity contribution in [3.8, 4) is 0 Å². The van der Waals surface area contributed by atoms with E-state index in [0.29, 0.717) is 15.4 Å². The quantitative estimate of drug-likeness (QED) is 0.736. The summed E-state index contributed by atoms with van der Waals surface area (Å²) in [5.41, 5.74) is 0. The number of benzene rings is 1. The number of rotatable bonds is 5. The summed E-state index contributed by atoms with van der Waals surface area (Å²) in [5.74, 6) is 0. The van der Waals surface area contributed by atoms with Gasteiger partial charge >= 0.3 is 0 Å². The summed E-state index contributed by atoms with van der Waals surface area (Å²) in [6.07, 6.45) is 0.576. The fourth-order valence-electron chi connectivity index (χ4n) is 1.55. The SMILES string of the molecule is CC(Cl)CC(C)NS(=O)(=O)c1cc(Br)ccc1Br. The van der Waals surface area contributed by atoms with Gasteiger partial charge in [-0.1, -0.05) is 15.9 Å². The topological polar surface area (TPSA) is 46.2 Å².